The standard InChI is InChI=1S/C19H26N4O4S/c1-3-28(25,26)21-19-9-12-22(15(2)24)13-16(19)14-27-18-7-5-17(6-8-18)23-11-4-10-20-23/h4-8,10-11,16,19,21H,3,9,12-14H2,1-2H3/t16-,19+/m0/s1. The number of likely N-dealkylation sites (tertiary alicyclic amines) is 1. The lowest BCUT2D eigenvalue weighted by molar-refractivity contribution is -0.131. The molecule has 1 aromatic carbocycles. The first-order chi connectivity index (χ1) is 13.4. The minimum atomic E-state index is -3.32. The molecule has 1 aromatic heterocycles. The van der Waals surface area contributed by atoms with Crippen molar-refractivity contribution in [2.24, 2.45) is 5.92 Å². The summed E-state index contributed by atoms with van der Waals surface area (Å²) in [6.07, 6.45) is 4.15. The predicted molar refractivity (Wildman–Crippen MR) is 106 cm³/mol. The molecule has 152 valence electrons. The van der Waals surface area contributed by atoms with Gasteiger partial charge in [0.05, 0.1) is 18.0 Å². The number of carbonyl (C=O) groups excluding carboxylic acids is 1. The van der Waals surface area contributed by atoms with Crippen molar-refractivity contribution >= 4 is 15.9 Å². The fourth-order valence-corrected chi connectivity index (χ4v) is 4.21. The van der Waals surface area contributed by atoms with Gasteiger partial charge >= 0.3 is 0 Å². The van der Waals surface area contributed by atoms with Crippen LogP contribution in [0.25, 0.3) is 5.69 Å². The maximum absolute atomic E-state index is 12.0. The fourth-order valence-electron chi connectivity index (χ4n) is 3.28. The van der Waals surface area contributed by atoms with Crippen molar-refractivity contribution in [1.29, 1.82) is 0 Å². The third kappa shape index (κ3) is 5.11. The predicted octanol–water partition coefficient (Wildman–Crippen LogP) is 1.43. The van der Waals surface area contributed by atoms with Crippen LogP contribution < -0.4 is 9.46 Å². The lowest BCUT2D eigenvalue weighted by Crippen LogP contribution is -2.53. The third-order valence-electron chi connectivity index (χ3n) is 4.96. The first-order valence-corrected chi connectivity index (χ1v) is 11.0. The number of sulfonamides is 1. The quantitative estimate of drug-likeness (QED) is 0.751. The molecule has 3 rings (SSSR count). The van der Waals surface area contributed by atoms with Crippen LogP contribution in [0.3, 0.4) is 0 Å². The first kappa shape index (κ1) is 20.3. The number of amides is 1. The molecule has 0 bridgehead atoms. The summed E-state index contributed by atoms with van der Waals surface area (Å²) >= 11 is 0. The van der Waals surface area contributed by atoms with Gasteiger partial charge in [0.1, 0.15) is 5.75 Å². The molecular formula is C19H26N4O4S. The van der Waals surface area contributed by atoms with Crippen LogP contribution in [0, 0.1) is 5.92 Å². The molecule has 28 heavy (non-hydrogen) atoms. The van der Waals surface area contributed by atoms with Crippen molar-refractivity contribution in [3.05, 3.63) is 42.7 Å². The highest BCUT2D eigenvalue weighted by Gasteiger charge is 2.33. The second kappa shape index (κ2) is 8.74. The summed E-state index contributed by atoms with van der Waals surface area (Å²) in [5.41, 5.74) is 0.923. The summed E-state index contributed by atoms with van der Waals surface area (Å²) in [7, 11) is -3.32. The molecule has 2 aromatic rings. The van der Waals surface area contributed by atoms with Crippen molar-refractivity contribution in [1.82, 2.24) is 19.4 Å². The van der Waals surface area contributed by atoms with E-state index in [9.17, 15) is 13.2 Å². The highest BCUT2D eigenvalue weighted by molar-refractivity contribution is 7.89. The largest absolute Gasteiger partial charge is 0.493 e. The van der Waals surface area contributed by atoms with E-state index in [1.807, 2.05) is 36.5 Å². The summed E-state index contributed by atoms with van der Waals surface area (Å²) in [6, 6.07) is 9.13. The molecule has 2 heterocycles. The van der Waals surface area contributed by atoms with Crippen molar-refractivity contribution in [2.75, 3.05) is 25.4 Å². The van der Waals surface area contributed by atoms with Gasteiger partial charge in [0.25, 0.3) is 0 Å². The molecule has 8 nitrogen and oxygen atoms in total. The Bertz CT molecular complexity index is 881. The van der Waals surface area contributed by atoms with Crippen molar-refractivity contribution < 1.29 is 17.9 Å². The van der Waals surface area contributed by atoms with Gasteiger partial charge in [0, 0.05) is 44.4 Å². The molecule has 0 aliphatic carbocycles. The monoisotopic (exact) mass is 406 g/mol. The van der Waals surface area contributed by atoms with E-state index < -0.39 is 10.0 Å². The maximum Gasteiger partial charge on any atom is 0.219 e. The van der Waals surface area contributed by atoms with Crippen molar-refractivity contribution in [2.45, 2.75) is 26.3 Å². The van der Waals surface area contributed by atoms with E-state index in [4.69, 9.17) is 4.74 Å². The number of hydrogen-bond acceptors (Lipinski definition) is 5. The third-order valence-corrected chi connectivity index (χ3v) is 6.38. The van der Waals surface area contributed by atoms with E-state index in [0.717, 1.165) is 5.69 Å². The van der Waals surface area contributed by atoms with E-state index >= 15 is 0 Å². The van der Waals surface area contributed by atoms with Gasteiger partial charge in [-0.2, -0.15) is 5.10 Å². The second-order valence-corrected chi connectivity index (χ2v) is 8.94. The topological polar surface area (TPSA) is 93.5 Å². The van der Waals surface area contributed by atoms with Gasteiger partial charge < -0.3 is 9.64 Å². The van der Waals surface area contributed by atoms with Crippen LogP contribution >= 0.6 is 0 Å². The molecule has 1 aliphatic heterocycles. The molecule has 1 saturated heterocycles. The van der Waals surface area contributed by atoms with E-state index in [-0.39, 0.29) is 23.6 Å². The van der Waals surface area contributed by atoms with Gasteiger partial charge in [0.2, 0.25) is 15.9 Å². The number of nitrogens with one attached hydrogen (secondary N) is 1. The molecule has 1 fully saturated rings. The number of aromatic nitrogens is 2. The summed E-state index contributed by atoms with van der Waals surface area (Å²) < 4.78 is 34.5. The van der Waals surface area contributed by atoms with Crippen molar-refractivity contribution in [3.63, 3.8) is 0 Å². The Morgan fingerprint density at radius 2 is 2.07 bits per heavy atom. The lowest BCUT2D eigenvalue weighted by atomic mass is 9.93. The van der Waals surface area contributed by atoms with Gasteiger partial charge in [-0.3, -0.25) is 4.79 Å². The van der Waals surface area contributed by atoms with Gasteiger partial charge in [-0.15, -0.1) is 0 Å². The molecule has 9 heteroatoms. The fraction of sp³-hybridized carbons (Fsp3) is 0.474. The lowest BCUT2D eigenvalue weighted by Gasteiger charge is -2.38. The Hall–Kier alpha value is -2.39. The van der Waals surface area contributed by atoms with E-state index in [0.29, 0.717) is 31.9 Å². The number of rotatable bonds is 7. The van der Waals surface area contributed by atoms with Crippen LogP contribution in [-0.4, -0.2) is 60.5 Å². The average Bonchev–Trinajstić information content (AvgIpc) is 3.22. The first-order valence-electron chi connectivity index (χ1n) is 9.36. The molecule has 1 N–H and O–H groups in total. The zero-order valence-corrected chi connectivity index (χ0v) is 16.9. The van der Waals surface area contributed by atoms with Crippen LogP contribution in [0.4, 0.5) is 0 Å². The van der Waals surface area contributed by atoms with Gasteiger partial charge in [-0.05, 0) is 43.7 Å². The minimum absolute atomic E-state index is 0.00891. The zero-order chi connectivity index (χ0) is 20.1. The summed E-state index contributed by atoms with van der Waals surface area (Å²) in [4.78, 5) is 13.5. The number of carbonyl (C=O) groups is 1. The number of hydrogen-bond donors (Lipinski definition) is 1. The van der Waals surface area contributed by atoms with Gasteiger partial charge in [-0.1, -0.05) is 0 Å². The summed E-state index contributed by atoms with van der Waals surface area (Å²) in [5.74, 6) is 0.589. The van der Waals surface area contributed by atoms with E-state index in [1.54, 1.807) is 22.7 Å². The highest BCUT2D eigenvalue weighted by atomic mass is 32.2. The Kier molecular flexibility index (Phi) is 6.35. The van der Waals surface area contributed by atoms with Gasteiger partial charge in [0.15, 0.2) is 0 Å². The van der Waals surface area contributed by atoms with Crippen molar-refractivity contribution in [3.8, 4) is 11.4 Å². The molecule has 0 unspecified atom stereocenters. The normalized spacial score (nSPS) is 20.1. The summed E-state index contributed by atoms with van der Waals surface area (Å²) in [6.45, 7) is 4.48. The SMILES string of the molecule is CCS(=O)(=O)N[C@@H]1CCN(C(C)=O)C[C@H]1COc1ccc(-n2cccn2)cc1. The Labute approximate surface area is 165 Å². The Morgan fingerprint density at radius 1 is 1.32 bits per heavy atom. The van der Waals surface area contributed by atoms with Crippen LogP contribution in [0.5, 0.6) is 5.75 Å². The van der Waals surface area contributed by atoms with Crippen LogP contribution in [0.2, 0.25) is 0 Å². The molecule has 1 amide bonds. The molecule has 0 saturated carbocycles. The molecule has 0 radical (unpaired) electrons. The van der Waals surface area contributed by atoms with Gasteiger partial charge in [-0.25, -0.2) is 17.8 Å². The van der Waals surface area contributed by atoms with E-state index in [1.165, 1.54) is 6.92 Å². The Morgan fingerprint density at radius 3 is 2.68 bits per heavy atom. The number of piperidine rings is 1. The highest BCUT2D eigenvalue weighted by Crippen LogP contribution is 2.21. The van der Waals surface area contributed by atoms with Crippen LogP contribution in [-0.2, 0) is 14.8 Å². The number of ether oxygens (including phenoxy) is 1. The molecule has 0 spiro atoms. The Balaban J connectivity index is 1.66. The average molecular weight is 407 g/mol. The zero-order valence-electron chi connectivity index (χ0n) is 16.1. The second-order valence-electron chi connectivity index (χ2n) is 6.90. The molecular weight excluding hydrogens is 380 g/mol. The molecule has 2 atom stereocenters. The summed E-state index contributed by atoms with van der Waals surface area (Å²) in [5, 5.41) is 4.19. The minimum Gasteiger partial charge on any atom is -0.493 e. The number of benzene rings is 1. The van der Waals surface area contributed by atoms with Crippen LogP contribution in [0.15, 0.2) is 42.7 Å². The van der Waals surface area contributed by atoms with Crippen LogP contribution in [0.1, 0.15) is 20.3 Å². The molecule has 1 aliphatic rings. The smallest absolute Gasteiger partial charge is 0.219 e. The van der Waals surface area contributed by atoms with E-state index in [2.05, 4.69) is 9.82 Å². The number of nitrogens with zero attached hydrogens (tertiary/aromatic N) is 3. The maximum atomic E-state index is 12.0.